The van der Waals surface area contributed by atoms with Crippen molar-refractivity contribution >= 4 is 29.1 Å². The normalized spacial score (nSPS) is 34.6. The predicted molar refractivity (Wildman–Crippen MR) is 245 cm³/mol. The molecule has 0 bridgehead atoms. The third-order valence-electron chi connectivity index (χ3n) is 13.6. The molecule has 2 aliphatic heterocycles. The highest BCUT2D eigenvalue weighted by Crippen LogP contribution is 2.53. The molecule has 8 rings (SSSR count). The molecule has 1 aromatic heterocycles. The Kier molecular flexibility index (Phi) is 16.6. The molecule has 68 heavy (non-hydrogen) atoms. The highest BCUT2D eigenvalue weighted by atomic mass is 35.5. The minimum Gasteiger partial charge on any atom is -0.490 e. The highest BCUT2D eigenvalue weighted by Gasteiger charge is 2.52. The molecule has 3 aromatic rings. The number of nitrogens with one attached hydrogen (secondary N) is 1. The summed E-state index contributed by atoms with van der Waals surface area (Å²) in [7, 11) is 0. The summed E-state index contributed by atoms with van der Waals surface area (Å²) in [5, 5.41) is 77.9. The summed E-state index contributed by atoms with van der Waals surface area (Å²) < 4.78 is 35.9. The van der Waals surface area contributed by atoms with Gasteiger partial charge in [0.25, 0.3) is 0 Å². The van der Waals surface area contributed by atoms with Crippen molar-refractivity contribution < 1.29 is 69.0 Å². The second kappa shape index (κ2) is 22.1. The lowest BCUT2D eigenvalue weighted by molar-refractivity contribution is -0.332. The number of nitrogens with zero attached hydrogens (tertiary/aromatic N) is 1. The Morgan fingerprint density at radius 3 is 2.15 bits per heavy atom. The Bertz CT molecular complexity index is 2190. The largest absolute Gasteiger partial charge is 0.490 e. The topological polar surface area (TPSA) is 317 Å². The first-order valence-corrected chi connectivity index (χ1v) is 24.0. The number of nitrogens with two attached hydrogens (primary N) is 3. The van der Waals surface area contributed by atoms with Gasteiger partial charge in [0.15, 0.2) is 12.6 Å². The van der Waals surface area contributed by atoms with Gasteiger partial charge in [-0.25, -0.2) is 0 Å². The van der Waals surface area contributed by atoms with Crippen molar-refractivity contribution in [1.82, 2.24) is 10.3 Å². The number of aliphatic hydroxyl groups excluding tert-OH is 7. The summed E-state index contributed by atoms with van der Waals surface area (Å²) >= 11 is 13.6. The lowest BCUT2D eigenvalue weighted by Crippen LogP contribution is -2.68. The average molecular weight is 993 g/mol. The van der Waals surface area contributed by atoms with Crippen LogP contribution < -0.4 is 27.3 Å². The van der Waals surface area contributed by atoms with Gasteiger partial charge in [0.2, 0.25) is 5.91 Å². The third kappa shape index (κ3) is 11.5. The zero-order chi connectivity index (χ0) is 48.4. The molecule has 2 saturated heterocycles. The second-order valence-electron chi connectivity index (χ2n) is 18.6. The molecule has 3 saturated carbocycles. The van der Waals surface area contributed by atoms with Crippen LogP contribution in [0.2, 0.25) is 10.0 Å². The summed E-state index contributed by atoms with van der Waals surface area (Å²) in [4.78, 5) is 17.4. The van der Waals surface area contributed by atoms with E-state index >= 15 is 0 Å². The Morgan fingerprint density at radius 1 is 0.794 bits per heavy atom. The molecule has 19 nitrogen and oxygen atoms in total. The Hall–Kier alpha value is -3.16. The number of ether oxygens (including phenoxy) is 6. The first-order valence-electron chi connectivity index (χ1n) is 23.2. The molecule has 15 atom stereocenters. The second-order valence-corrected chi connectivity index (χ2v) is 19.4. The standard InChI is InChI=1S/C47H63Cl2N5O14/c48-28-16-23(21-63-47(12-13-47)27-18-53-14-11-25(27)26-6-2-3-7-32(26)64-24-9-10-24)29(49)15-22(28)5-1-4-8-35(56)54-19-33-38(58)40(60)41(61)46(65-33)68-44-31(51)17-30(50)43(42(44)62)67-45-39(59)36(52)37(57)34(20-55)66-45/h2-3,6-7,11,14-16,18,24,30-31,33-34,36-46,55,57-62H,1,4-5,8-10,12-13,17,19-21,50-52H2,(H,54,56)/t30-,31+,33-,34-,36+,37-,38-,39-,40+,41-,42-,43+,44-,45-,46-/m1/s1. The Labute approximate surface area is 403 Å². The Balaban J connectivity index is 0.800. The van der Waals surface area contributed by atoms with E-state index in [-0.39, 0.29) is 38.0 Å². The maximum absolute atomic E-state index is 13.0. The minimum atomic E-state index is -1.79. The number of hydrogen-bond donors (Lipinski definition) is 11. The number of amides is 1. The molecule has 1 amide bonds. The van der Waals surface area contributed by atoms with Crippen LogP contribution in [0.5, 0.6) is 5.75 Å². The van der Waals surface area contributed by atoms with E-state index in [0.29, 0.717) is 29.3 Å². The van der Waals surface area contributed by atoms with E-state index in [1.54, 1.807) is 6.20 Å². The van der Waals surface area contributed by atoms with Crippen LogP contribution in [0.15, 0.2) is 54.9 Å². The molecular weight excluding hydrogens is 929 g/mol. The first-order chi connectivity index (χ1) is 32.6. The van der Waals surface area contributed by atoms with Gasteiger partial charge in [-0.15, -0.1) is 0 Å². The van der Waals surface area contributed by atoms with Crippen molar-refractivity contribution in [2.45, 2.75) is 168 Å². The van der Waals surface area contributed by atoms with Gasteiger partial charge in [0.05, 0.1) is 31.0 Å². The number of aryl methyl sites for hydroxylation is 1. The molecule has 5 aliphatic rings. The molecule has 0 spiro atoms. The van der Waals surface area contributed by atoms with Gasteiger partial charge >= 0.3 is 0 Å². The fourth-order valence-electron chi connectivity index (χ4n) is 9.18. The number of benzene rings is 2. The van der Waals surface area contributed by atoms with E-state index in [9.17, 15) is 40.5 Å². The smallest absolute Gasteiger partial charge is 0.220 e. The van der Waals surface area contributed by atoms with Gasteiger partial charge in [-0.1, -0.05) is 41.4 Å². The van der Waals surface area contributed by atoms with Gasteiger partial charge in [0, 0.05) is 58.6 Å². The average Bonchev–Trinajstić information content (AvgIpc) is 4.28. The van der Waals surface area contributed by atoms with Crippen molar-refractivity contribution in [1.29, 1.82) is 0 Å². The molecule has 374 valence electrons. The molecule has 2 aromatic carbocycles. The molecule has 0 radical (unpaired) electrons. The molecule has 14 N–H and O–H groups in total. The summed E-state index contributed by atoms with van der Waals surface area (Å²) in [5.41, 5.74) is 22.6. The number of carbonyl (C=O) groups excluding carboxylic acids is 1. The summed E-state index contributed by atoms with van der Waals surface area (Å²) in [6, 6.07) is 10.6. The van der Waals surface area contributed by atoms with Crippen LogP contribution in [-0.4, -0.2) is 158 Å². The zero-order valence-corrected chi connectivity index (χ0v) is 38.9. The van der Waals surface area contributed by atoms with Gasteiger partial charge in [-0.05, 0) is 92.3 Å². The number of para-hydroxylation sites is 1. The fourth-order valence-corrected chi connectivity index (χ4v) is 9.70. The van der Waals surface area contributed by atoms with E-state index in [1.165, 1.54) is 0 Å². The summed E-state index contributed by atoms with van der Waals surface area (Å²) in [6.45, 7) is -0.647. The first kappa shape index (κ1) is 51.2. The van der Waals surface area contributed by atoms with Crippen molar-refractivity contribution in [2.24, 2.45) is 17.2 Å². The van der Waals surface area contributed by atoms with Crippen LogP contribution >= 0.6 is 23.2 Å². The molecule has 5 fully saturated rings. The van der Waals surface area contributed by atoms with Crippen LogP contribution in [-0.2, 0) is 47.1 Å². The molecule has 3 heterocycles. The molecule has 21 heteroatoms. The molecule has 3 aliphatic carbocycles. The number of aromatic nitrogens is 1. The van der Waals surface area contributed by atoms with Crippen molar-refractivity contribution in [3.8, 4) is 16.9 Å². The van der Waals surface area contributed by atoms with Crippen molar-refractivity contribution in [2.75, 3.05) is 13.2 Å². The van der Waals surface area contributed by atoms with E-state index in [4.69, 9.17) is 68.8 Å². The number of hydrogen-bond acceptors (Lipinski definition) is 18. The highest BCUT2D eigenvalue weighted by molar-refractivity contribution is 6.34. The number of carbonyl (C=O) groups is 1. The van der Waals surface area contributed by atoms with Crippen molar-refractivity contribution in [3.63, 3.8) is 0 Å². The molecular formula is C47H63Cl2N5O14. The van der Waals surface area contributed by atoms with Crippen molar-refractivity contribution in [3.05, 3.63) is 81.6 Å². The summed E-state index contributed by atoms with van der Waals surface area (Å²) in [6.07, 6.45) is -8.45. The van der Waals surface area contributed by atoms with Gasteiger partial charge in [-0.2, -0.15) is 0 Å². The van der Waals surface area contributed by atoms with Crippen LogP contribution in [0.4, 0.5) is 0 Å². The zero-order valence-electron chi connectivity index (χ0n) is 37.3. The predicted octanol–water partition coefficient (Wildman–Crippen LogP) is 0.395. The fraction of sp³-hybridized carbons (Fsp3) is 0.617. The maximum Gasteiger partial charge on any atom is 0.220 e. The van der Waals surface area contributed by atoms with Gasteiger partial charge < -0.3 is 86.7 Å². The minimum absolute atomic E-state index is 0.0165. The van der Waals surface area contributed by atoms with E-state index in [0.717, 1.165) is 59.3 Å². The quantitative estimate of drug-likeness (QED) is 0.0724. The van der Waals surface area contributed by atoms with Crippen LogP contribution in [0.25, 0.3) is 11.1 Å². The number of unbranched alkanes of at least 4 members (excludes halogenated alkanes) is 1. The van der Waals surface area contributed by atoms with Crippen LogP contribution in [0, 0.1) is 0 Å². The monoisotopic (exact) mass is 991 g/mol. The van der Waals surface area contributed by atoms with E-state index in [2.05, 4.69) is 16.4 Å². The lowest BCUT2D eigenvalue weighted by atomic mass is 9.84. The summed E-state index contributed by atoms with van der Waals surface area (Å²) in [5.74, 6) is 0.491. The third-order valence-corrected chi connectivity index (χ3v) is 14.3. The lowest BCUT2D eigenvalue weighted by Gasteiger charge is -2.48. The maximum atomic E-state index is 13.0. The van der Waals surface area contributed by atoms with E-state index in [1.807, 2.05) is 42.6 Å². The number of halogens is 2. The number of aliphatic hydroxyl groups is 7. The molecule has 0 unspecified atom stereocenters. The van der Waals surface area contributed by atoms with Crippen LogP contribution in [0.3, 0.4) is 0 Å². The van der Waals surface area contributed by atoms with Gasteiger partial charge in [-0.3, -0.25) is 9.78 Å². The number of pyridine rings is 1. The van der Waals surface area contributed by atoms with Crippen LogP contribution in [0.1, 0.15) is 68.1 Å². The number of rotatable bonds is 19. The van der Waals surface area contributed by atoms with Gasteiger partial charge in [0.1, 0.15) is 66.8 Å². The SMILES string of the molecule is N[C@@H]1[C@@H](O)[C@@H](O[C@@H]2[C@@H](O)[C@H](O[C@H]3O[C@H](CNC(=O)CCCCc4cc(Cl)c(COC5(c6cnccc6-c6ccccc6OC6CC6)CC5)cc4Cl)[C@@H](O)[C@H](O)[C@H]3O)[C@@H](N)C[C@H]2N)O[C@H](CO)[C@H]1O. The van der Waals surface area contributed by atoms with E-state index < -0.39 is 104 Å². The Morgan fingerprint density at radius 2 is 1.46 bits per heavy atom.